The number of esters is 1. The van der Waals surface area contributed by atoms with Gasteiger partial charge >= 0.3 is 21.3 Å². The molecule has 1 fully saturated rings. The van der Waals surface area contributed by atoms with Crippen molar-refractivity contribution < 1.29 is 40.4 Å². The van der Waals surface area contributed by atoms with Crippen LogP contribution in [0.4, 0.5) is 13.2 Å². The van der Waals surface area contributed by atoms with Gasteiger partial charge in [-0.25, -0.2) is 9.18 Å². The van der Waals surface area contributed by atoms with E-state index in [9.17, 15) is 26.4 Å². The molecule has 1 saturated heterocycles. The minimum atomic E-state index is -5.77. The predicted octanol–water partition coefficient (Wildman–Crippen LogP) is 5.74. The van der Waals surface area contributed by atoms with E-state index in [0.29, 0.717) is 18.3 Å². The van der Waals surface area contributed by atoms with Gasteiger partial charge in [-0.15, -0.1) is 0 Å². The molecule has 1 heterocycles. The van der Waals surface area contributed by atoms with Crippen LogP contribution in [-0.4, -0.2) is 60.7 Å². The zero-order valence-electron chi connectivity index (χ0n) is 18.8. The zero-order valence-corrected chi connectivity index (χ0v) is 22.0. The molecule has 1 N–H and O–H groups in total. The number of hydrogen-bond acceptors (Lipinski definition) is 5. The Morgan fingerprint density at radius 2 is 1.76 bits per heavy atom. The van der Waals surface area contributed by atoms with Crippen LogP contribution < -0.4 is 0 Å². The second kappa shape index (κ2) is 13.9. The molecule has 6 nitrogen and oxygen atoms in total. The Kier molecular flexibility index (Phi) is 12.7. The standard InChI is InChI=1S/C13H19FOS.C8H13BrF2O5S/c1-16(2,13-5-3-4-10-15-13)12-8-6-11(14)7-9-12;9-5-3-1-2-4-6-16-7(12)8(10,11)17(13,14)15/h6-9,13H,3-5,10H2,1-2H3;1-6H2,(H,13,14,15). The Hall–Kier alpha value is -0.820. The van der Waals surface area contributed by atoms with Crippen molar-refractivity contribution in [3.05, 3.63) is 30.1 Å². The molecule has 1 unspecified atom stereocenters. The van der Waals surface area contributed by atoms with E-state index in [1.54, 1.807) is 12.1 Å². The normalized spacial score (nSPS) is 17.6. The Morgan fingerprint density at radius 3 is 2.27 bits per heavy atom. The summed E-state index contributed by atoms with van der Waals surface area (Å²) in [6.07, 6.45) is 10.9. The second-order valence-electron chi connectivity index (χ2n) is 7.89. The summed E-state index contributed by atoms with van der Waals surface area (Å²) < 4.78 is 76.6. The zero-order chi connectivity index (χ0) is 25.1. The molecule has 0 amide bonds. The summed E-state index contributed by atoms with van der Waals surface area (Å²) in [5, 5.41) is -4.07. The predicted molar refractivity (Wildman–Crippen MR) is 127 cm³/mol. The monoisotopic (exact) mass is 580 g/mol. The van der Waals surface area contributed by atoms with Crippen LogP contribution in [0.1, 0.15) is 44.9 Å². The topological polar surface area (TPSA) is 89.9 Å². The fraction of sp³-hybridized carbons (Fsp3) is 0.667. The first-order valence-corrected chi connectivity index (χ1v) is 15.6. The van der Waals surface area contributed by atoms with Gasteiger partial charge in [0.25, 0.3) is 0 Å². The molecule has 2 rings (SSSR count). The molecular formula is C21H32BrF3O6S2. The molecular weight excluding hydrogens is 549 g/mol. The van der Waals surface area contributed by atoms with Crippen molar-refractivity contribution in [2.45, 2.75) is 60.5 Å². The second-order valence-corrected chi connectivity index (χ2v) is 14.0. The molecule has 1 atom stereocenters. The van der Waals surface area contributed by atoms with E-state index in [2.05, 4.69) is 33.2 Å². The third kappa shape index (κ3) is 9.75. The largest absolute Gasteiger partial charge is 0.465 e. The first kappa shape index (κ1) is 30.2. The van der Waals surface area contributed by atoms with Crippen molar-refractivity contribution in [1.29, 1.82) is 0 Å². The summed E-state index contributed by atoms with van der Waals surface area (Å²) in [5.41, 5.74) is 0.340. The van der Waals surface area contributed by atoms with E-state index >= 15 is 0 Å². The quantitative estimate of drug-likeness (QED) is 0.164. The smallest absolute Gasteiger partial charge is 0.460 e. The van der Waals surface area contributed by atoms with Gasteiger partial charge in [0.05, 0.1) is 12.0 Å². The molecule has 0 aromatic heterocycles. The van der Waals surface area contributed by atoms with Crippen LogP contribution >= 0.6 is 26.0 Å². The van der Waals surface area contributed by atoms with Crippen molar-refractivity contribution in [2.75, 3.05) is 31.1 Å². The summed E-state index contributed by atoms with van der Waals surface area (Å²) in [5.74, 6) is -2.41. The number of carbonyl (C=O) groups is 1. The molecule has 12 heteroatoms. The maximum Gasteiger partial charge on any atom is 0.465 e. The molecule has 33 heavy (non-hydrogen) atoms. The molecule has 1 aliphatic rings. The molecule has 0 spiro atoms. The lowest BCUT2D eigenvalue weighted by Gasteiger charge is -2.41. The maximum absolute atomic E-state index is 12.9. The van der Waals surface area contributed by atoms with Crippen LogP contribution in [-0.2, 0) is 24.4 Å². The van der Waals surface area contributed by atoms with E-state index in [1.807, 2.05) is 12.1 Å². The Bertz CT molecular complexity index is 829. The van der Waals surface area contributed by atoms with Gasteiger partial charge in [0.2, 0.25) is 0 Å². The lowest BCUT2D eigenvalue weighted by Crippen LogP contribution is -2.39. The highest BCUT2D eigenvalue weighted by Gasteiger charge is 2.54. The molecule has 1 aromatic carbocycles. The van der Waals surface area contributed by atoms with Crippen LogP contribution in [0.5, 0.6) is 0 Å². The van der Waals surface area contributed by atoms with E-state index in [0.717, 1.165) is 31.2 Å². The fourth-order valence-corrected chi connectivity index (χ4v) is 6.02. The number of hydrogen-bond donors (Lipinski definition) is 1. The van der Waals surface area contributed by atoms with Crippen LogP contribution in [0.3, 0.4) is 0 Å². The summed E-state index contributed by atoms with van der Waals surface area (Å²) in [4.78, 5) is 11.9. The summed E-state index contributed by atoms with van der Waals surface area (Å²) >= 11 is 3.21. The maximum atomic E-state index is 12.9. The van der Waals surface area contributed by atoms with Gasteiger partial charge in [0, 0.05) is 11.9 Å². The number of unbranched alkanes of at least 4 members (excludes halogenated alkanes) is 3. The Balaban J connectivity index is 0.000000330. The third-order valence-electron chi connectivity index (χ3n) is 5.04. The highest BCUT2D eigenvalue weighted by Crippen LogP contribution is 2.56. The van der Waals surface area contributed by atoms with Gasteiger partial charge in [0.15, 0.2) is 0 Å². The fourth-order valence-electron chi connectivity index (χ4n) is 3.02. The minimum Gasteiger partial charge on any atom is -0.460 e. The van der Waals surface area contributed by atoms with Crippen molar-refractivity contribution in [1.82, 2.24) is 0 Å². The third-order valence-corrected chi connectivity index (χ3v) is 9.59. The lowest BCUT2D eigenvalue weighted by molar-refractivity contribution is -0.161. The molecule has 0 aliphatic carbocycles. The lowest BCUT2D eigenvalue weighted by atomic mass is 10.2. The number of alkyl halides is 3. The summed E-state index contributed by atoms with van der Waals surface area (Å²) in [6, 6.07) is 6.91. The van der Waals surface area contributed by atoms with Gasteiger partial charge in [-0.3, -0.25) is 4.55 Å². The van der Waals surface area contributed by atoms with E-state index < -0.39 is 31.4 Å². The van der Waals surface area contributed by atoms with Gasteiger partial charge in [-0.2, -0.15) is 27.2 Å². The minimum absolute atomic E-state index is 0.163. The van der Waals surface area contributed by atoms with Crippen LogP contribution in [0.25, 0.3) is 0 Å². The van der Waals surface area contributed by atoms with Gasteiger partial charge in [0.1, 0.15) is 5.82 Å². The first-order valence-electron chi connectivity index (χ1n) is 10.5. The van der Waals surface area contributed by atoms with E-state index in [4.69, 9.17) is 9.29 Å². The van der Waals surface area contributed by atoms with Crippen molar-refractivity contribution >= 4 is 42.0 Å². The Labute approximate surface area is 203 Å². The SMILES string of the molecule is CS(C)(c1ccc(F)cc1)C1CCCCO1.O=C(OCCCCCCBr)C(F)(F)S(=O)(=O)O. The number of carbonyl (C=O) groups excluding carboxylic acids is 1. The molecule has 0 saturated carbocycles. The van der Waals surface area contributed by atoms with Gasteiger partial charge in [-0.1, -0.05) is 28.8 Å². The van der Waals surface area contributed by atoms with Crippen molar-refractivity contribution in [3.8, 4) is 0 Å². The van der Waals surface area contributed by atoms with Crippen molar-refractivity contribution in [3.63, 3.8) is 0 Å². The summed E-state index contributed by atoms with van der Waals surface area (Å²) in [6.45, 7) is 0.578. The van der Waals surface area contributed by atoms with E-state index in [-0.39, 0.29) is 12.4 Å². The van der Waals surface area contributed by atoms with E-state index in [1.165, 1.54) is 17.7 Å². The average Bonchev–Trinajstić information content (AvgIpc) is 2.76. The van der Waals surface area contributed by atoms with Gasteiger partial charge in [-0.05, 0) is 73.8 Å². The highest BCUT2D eigenvalue weighted by atomic mass is 79.9. The van der Waals surface area contributed by atoms with Gasteiger partial charge < -0.3 is 9.47 Å². The van der Waals surface area contributed by atoms with Crippen LogP contribution in [0, 0.1) is 5.82 Å². The molecule has 1 aromatic rings. The van der Waals surface area contributed by atoms with Crippen molar-refractivity contribution in [2.24, 2.45) is 0 Å². The molecule has 1 aliphatic heterocycles. The van der Waals surface area contributed by atoms with Crippen LogP contribution in [0.2, 0.25) is 0 Å². The highest BCUT2D eigenvalue weighted by molar-refractivity contribution is 9.09. The summed E-state index contributed by atoms with van der Waals surface area (Å²) in [7, 11) is -6.73. The number of ether oxygens (including phenoxy) is 2. The molecule has 0 bridgehead atoms. The molecule has 192 valence electrons. The first-order chi connectivity index (χ1) is 15.3. The number of benzene rings is 1. The number of halogens is 4. The molecule has 0 radical (unpaired) electrons. The average molecular weight is 582 g/mol. The number of rotatable bonds is 10. The Morgan fingerprint density at radius 1 is 1.15 bits per heavy atom. The van der Waals surface area contributed by atoms with Crippen LogP contribution in [0.15, 0.2) is 29.2 Å².